The first-order chi connectivity index (χ1) is 8.14. The van der Waals surface area contributed by atoms with Gasteiger partial charge in [-0.3, -0.25) is 4.90 Å². The lowest BCUT2D eigenvalue weighted by atomic mass is 9.81. The van der Waals surface area contributed by atoms with E-state index < -0.39 is 5.60 Å². The Labute approximate surface area is 103 Å². The van der Waals surface area contributed by atoms with Crippen LogP contribution in [0.3, 0.4) is 0 Å². The topological polar surface area (TPSA) is 23.5 Å². The second kappa shape index (κ2) is 4.11. The van der Waals surface area contributed by atoms with Crippen molar-refractivity contribution >= 4 is 0 Å². The molecular weight excluding hydrogens is 210 g/mol. The monoisotopic (exact) mass is 231 g/mol. The number of hydrogen-bond acceptors (Lipinski definition) is 2. The highest BCUT2D eigenvalue weighted by molar-refractivity contribution is 5.33. The molecule has 0 bridgehead atoms. The summed E-state index contributed by atoms with van der Waals surface area (Å²) in [4.78, 5) is 2.38. The summed E-state index contributed by atoms with van der Waals surface area (Å²) in [5.74, 6) is 0.677. The summed E-state index contributed by atoms with van der Waals surface area (Å²) in [5.41, 5.74) is 2.65. The van der Waals surface area contributed by atoms with Gasteiger partial charge in [-0.25, -0.2) is 0 Å². The molecule has 2 heteroatoms. The van der Waals surface area contributed by atoms with E-state index in [1.54, 1.807) is 5.56 Å². The predicted octanol–water partition coefficient (Wildman–Crippen LogP) is 2.17. The SMILES string of the molecule is CC1(O)CN(CC2CCCc3ccccc32)C1. The molecular formula is C15H21NO. The van der Waals surface area contributed by atoms with E-state index in [0.29, 0.717) is 5.92 Å². The molecule has 0 aromatic heterocycles. The molecule has 0 spiro atoms. The number of rotatable bonds is 2. The molecule has 0 saturated carbocycles. The molecule has 2 aliphatic rings. The van der Waals surface area contributed by atoms with E-state index in [1.807, 2.05) is 6.92 Å². The molecule has 3 rings (SSSR count). The van der Waals surface area contributed by atoms with Crippen LogP contribution < -0.4 is 0 Å². The molecule has 1 N–H and O–H groups in total. The van der Waals surface area contributed by atoms with E-state index in [2.05, 4.69) is 29.2 Å². The largest absolute Gasteiger partial charge is 0.388 e. The Morgan fingerprint density at radius 3 is 2.88 bits per heavy atom. The smallest absolute Gasteiger partial charge is 0.0872 e. The number of likely N-dealkylation sites (tertiary alicyclic amines) is 1. The first-order valence-electron chi connectivity index (χ1n) is 6.67. The van der Waals surface area contributed by atoms with Gasteiger partial charge in [0.2, 0.25) is 0 Å². The van der Waals surface area contributed by atoms with Crippen LogP contribution in [0.25, 0.3) is 0 Å². The van der Waals surface area contributed by atoms with Crippen LogP contribution in [0.4, 0.5) is 0 Å². The summed E-state index contributed by atoms with van der Waals surface area (Å²) in [7, 11) is 0. The van der Waals surface area contributed by atoms with Crippen LogP contribution >= 0.6 is 0 Å². The fourth-order valence-electron chi connectivity index (χ4n) is 3.40. The first kappa shape index (κ1) is 11.2. The summed E-state index contributed by atoms with van der Waals surface area (Å²) < 4.78 is 0. The molecule has 92 valence electrons. The minimum atomic E-state index is -0.436. The summed E-state index contributed by atoms with van der Waals surface area (Å²) in [6, 6.07) is 8.86. The van der Waals surface area contributed by atoms with Gasteiger partial charge in [-0.15, -0.1) is 0 Å². The molecule has 1 atom stereocenters. The van der Waals surface area contributed by atoms with E-state index in [1.165, 1.54) is 24.8 Å². The molecule has 1 aromatic carbocycles. The third kappa shape index (κ3) is 2.24. The van der Waals surface area contributed by atoms with Gasteiger partial charge < -0.3 is 5.11 Å². The lowest BCUT2D eigenvalue weighted by Crippen LogP contribution is -2.60. The highest BCUT2D eigenvalue weighted by Crippen LogP contribution is 2.34. The summed E-state index contributed by atoms with van der Waals surface area (Å²) >= 11 is 0. The van der Waals surface area contributed by atoms with Crippen molar-refractivity contribution in [1.82, 2.24) is 4.90 Å². The van der Waals surface area contributed by atoms with Crippen molar-refractivity contribution in [2.24, 2.45) is 0 Å². The van der Waals surface area contributed by atoms with Gasteiger partial charge >= 0.3 is 0 Å². The Morgan fingerprint density at radius 1 is 1.35 bits per heavy atom. The second-order valence-electron chi connectivity index (χ2n) is 5.95. The number of nitrogens with zero attached hydrogens (tertiary/aromatic N) is 1. The van der Waals surface area contributed by atoms with Gasteiger partial charge in [0.1, 0.15) is 0 Å². The molecule has 1 fully saturated rings. The van der Waals surface area contributed by atoms with E-state index in [4.69, 9.17) is 0 Å². The van der Waals surface area contributed by atoms with Crippen LogP contribution in [-0.2, 0) is 6.42 Å². The van der Waals surface area contributed by atoms with E-state index in [0.717, 1.165) is 19.6 Å². The van der Waals surface area contributed by atoms with E-state index >= 15 is 0 Å². The molecule has 1 aliphatic carbocycles. The highest BCUT2D eigenvalue weighted by Gasteiger charge is 2.37. The van der Waals surface area contributed by atoms with Gasteiger partial charge in [-0.1, -0.05) is 24.3 Å². The lowest BCUT2D eigenvalue weighted by molar-refractivity contribution is -0.0855. The average Bonchev–Trinajstić information content (AvgIpc) is 2.27. The number of fused-ring (bicyclic) bond motifs is 1. The molecule has 2 nitrogen and oxygen atoms in total. The molecule has 0 amide bonds. The van der Waals surface area contributed by atoms with E-state index in [-0.39, 0.29) is 0 Å². The van der Waals surface area contributed by atoms with Crippen molar-refractivity contribution in [1.29, 1.82) is 0 Å². The van der Waals surface area contributed by atoms with Crippen LogP contribution in [0.15, 0.2) is 24.3 Å². The van der Waals surface area contributed by atoms with E-state index in [9.17, 15) is 5.11 Å². The van der Waals surface area contributed by atoms with Crippen molar-refractivity contribution < 1.29 is 5.11 Å². The number of aliphatic hydroxyl groups is 1. The Morgan fingerprint density at radius 2 is 2.12 bits per heavy atom. The molecule has 17 heavy (non-hydrogen) atoms. The zero-order valence-electron chi connectivity index (χ0n) is 10.5. The zero-order valence-corrected chi connectivity index (χ0v) is 10.5. The van der Waals surface area contributed by atoms with Crippen LogP contribution in [0, 0.1) is 0 Å². The van der Waals surface area contributed by atoms with Crippen molar-refractivity contribution in [3.63, 3.8) is 0 Å². The molecule has 1 unspecified atom stereocenters. The van der Waals surface area contributed by atoms with Crippen LogP contribution in [0.1, 0.15) is 36.8 Å². The number of β-amino-alcohol motifs (C(OH)–C–C–N with tert-alkyl or cyclic N) is 1. The third-order valence-electron chi connectivity index (χ3n) is 4.10. The van der Waals surface area contributed by atoms with Crippen molar-refractivity contribution in [2.45, 2.75) is 37.7 Å². The third-order valence-corrected chi connectivity index (χ3v) is 4.10. The normalized spacial score (nSPS) is 27.3. The Bertz CT molecular complexity index is 405. The summed E-state index contributed by atoms with van der Waals surface area (Å²) in [6.07, 6.45) is 3.85. The average molecular weight is 231 g/mol. The van der Waals surface area contributed by atoms with Gasteiger partial charge in [0, 0.05) is 19.6 Å². The predicted molar refractivity (Wildman–Crippen MR) is 69.2 cm³/mol. The zero-order chi connectivity index (χ0) is 11.9. The van der Waals surface area contributed by atoms with Gasteiger partial charge in [0.25, 0.3) is 0 Å². The minimum absolute atomic E-state index is 0.436. The van der Waals surface area contributed by atoms with Crippen molar-refractivity contribution in [2.75, 3.05) is 19.6 Å². The van der Waals surface area contributed by atoms with Crippen LogP contribution in [0.2, 0.25) is 0 Å². The van der Waals surface area contributed by atoms with Gasteiger partial charge in [-0.2, -0.15) is 0 Å². The number of aryl methyl sites for hydroxylation is 1. The Kier molecular flexibility index (Phi) is 2.72. The number of hydrogen-bond donors (Lipinski definition) is 1. The molecule has 1 saturated heterocycles. The van der Waals surface area contributed by atoms with Crippen LogP contribution in [-0.4, -0.2) is 35.2 Å². The first-order valence-corrected chi connectivity index (χ1v) is 6.67. The molecule has 1 aliphatic heterocycles. The minimum Gasteiger partial charge on any atom is -0.388 e. The molecule has 1 heterocycles. The number of benzene rings is 1. The van der Waals surface area contributed by atoms with Crippen molar-refractivity contribution in [3.8, 4) is 0 Å². The summed E-state index contributed by atoms with van der Waals surface area (Å²) in [6.45, 7) is 4.73. The molecule has 1 aromatic rings. The maximum absolute atomic E-state index is 9.77. The fourth-order valence-corrected chi connectivity index (χ4v) is 3.40. The van der Waals surface area contributed by atoms with Crippen molar-refractivity contribution in [3.05, 3.63) is 35.4 Å². The van der Waals surface area contributed by atoms with Gasteiger partial charge in [0.05, 0.1) is 5.60 Å². The fraction of sp³-hybridized carbons (Fsp3) is 0.600. The second-order valence-corrected chi connectivity index (χ2v) is 5.95. The lowest BCUT2D eigenvalue weighted by Gasteiger charge is -2.46. The maximum atomic E-state index is 9.77. The summed E-state index contributed by atoms with van der Waals surface area (Å²) in [5, 5.41) is 9.77. The quantitative estimate of drug-likeness (QED) is 0.843. The van der Waals surface area contributed by atoms with Crippen LogP contribution in [0.5, 0.6) is 0 Å². The maximum Gasteiger partial charge on any atom is 0.0872 e. The van der Waals surface area contributed by atoms with Gasteiger partial charge in [-0.05, 0) is 43.2 Å². The highest BCUT2D eigenvalue weighted by atomic mass is 16.3. The van der Waals surface area contributed by atoms with Gasteiger partial charge in [0.15, 0.2) is 0 Å². The Hall–Kier alpha value is -0.860. The molecule has 0 radical (unpaired) electrons. The Balaban J connectivity index is 1.69. The standard InChI is InChI=1S/C15H21NO/c1-15(17)10-16(11-15)9-13-7-4-6-12-5-2-3-8-14(12)13/h2-3,5,8,13,17H,4,6-7,9-11H2,1H3.